The van der Waals surface area contributed by atoms with Crippen LogP contribution in [0, 0.1) is 0 Å². The second-order valence-corrected chi connectivity index (χ2v) is 6.64. The quantitative estimate of drug-likeness (QED) is 0.652. The fraction of sp³-hybridized carbons (Fsp3) is 0.889. The molecule has 1 aliphatic rings. The summed E-state index contributed by atoms with van der Waals surface area (Å²) in [4.78, 5) is 19.9. The van der Waals surface area contributed by atoms with E-state index in [2.05, 4.69) is 0 Å². The Bertz CT molecular complexity index is 278. The number of aliphatic hydroxyl groups excluding tert-OH is 1. The van der Waals surface area contributed by atoms with Gasteiger partial charge in [0, 0.05) is 12.1 Å². The number of hydrogen-bond acceptors (Lipinski definition) is 4. The molecule has 0 spiro atoms. The highest BCUT2D eigenvalue weighted by atomic mass is 31.2. The van der Waals surface area contributed by atoms with E-state index in [9.17, 15) is 24.5 Å². The maximum Gasteiger partial charge on any atom is 0.206 e. The van der Waals surface area contributed by atoms with Crippen molar-refractivity contribution in [1.29, 1.82) is 0 Å². The average molecular weight is 235 g/mol. The predicted molar refractivity (Wildman–Crippen MR) is 52.6 cm³/mol. The highest BCUT2D eigenvalue weighted by Gasteiger charge is 2.37. The Kier molecular flexibility index (Phi) is 4.32. The average Bonchev–Trinajstić information content (AvgIpc) is 2.15. The van der Waals surface area contributed by atoms with E-state index in [1.807, 2.05) is 0 Å². The van der Waals surface area contributed by atoms with E-state index in [0.717, 1.165) is 12.8 Å². The summed E-state index contributed by atoms with van der Waals surface area (Å²) in [6, 6.07) is 0. The summed E-state index contributed by atoms with van der Waals surface area (Å²) in [5.41, 5.74) is -0.648. The molecule has 1 saturated carbocycles. The van der Waals surface area contributed by atoms with Crippen LogP contribution in [0.2, 0.25) is 0 Å². The topological polar surface area (TPSA) is 97.7 Å². The maximum atomic E-state index is 11.8. The van der Waals surface area contributed by atoms with E-state index >= 15 is 0 Å². The van der Waals surface area contributed by atoms with Crippen molar-refractivity contribution in [2.45, 2.75) is 43.9 Å². The zero-order valence-corrected chi connectivity index (χ0v) is 9.36. The Labute approximate surface area is 88.6 Å². The Hall–Kier alpha value is -0.380. The monoisotopic (exact) mass is 235 g/mol. The van der Waals surface area contributed by atoms with Crippen molar-refractivity contribution in [2.24, 2.45) is 0 Å². The molecule has 0 aromatic rings. The molecule has 1 rings (SSSR count). The first-order chi connectivity index (χ1) is 6.93. The van der Waals surface area contributed by atoms with Gasteiger partial charge in [0.15, 0.2) is 0 Å². The van der Waals surface area contributed by atoms with Gasteiger partial charge in [0.2, 0.25) is 7.37 Å². The maximum absolute atomic E-state index is 11.8. The van der Waals surface area contributed by atoms with Crippen LogP contribution in [0.15, 0.2) is 0 Å². The van der Waals surface area contributed by atoms with Crippen molar-refractivity contribution in [3.63, 3.8) is 0 Å². The summed E-state index contributed by atoms with van der Waals surface area (Å²) in [6.07, 6.45) is 1.23. The molecule has 1 fully saturated rings. The third kappa shape index (κ3) is 3.59. The van der Waals surface area contributed by atoms with Crippen LogP contribution in [0.4, 0.5) is 0 Å². The summed E-state index contributed by atoms with van der Waals surface area (Å²) in [5.74, 6) is -1.32. The van der Waals surface area contributed by atoms with Crippen LogP contribution in [0.25, 0.3) is 0 Å². The van der Waals surface area contributed by atoms with E-state index < -0.39 is 31.5 Å². The fourth-order valence-electron chi connectivity index (χ4n) is 1.98. The minimum Gasteiger partial charge on any atom is -0.550 e. The van der Waals surface area contributed by atoms with Gasteiger partial charge >= 0.3 is 0 Å². The Morgan fingerprint density at radius 3 is 2.53 bits per heavy atom. The summed E-state index contributed by atoms with van der Waals surface area (Å²) >= 11 is 0. The van der Waals surface area contributed by atoms with Gasteiger partial charge in [-0.15, -0.1) is 0 Å². The molecule has 0 aromatic carbocycles. The Morgan fingerprint density at radius 2 is 2.00 bits per heavy atom. The number of carboxylic acid groups (broad SMARTS) is 1. The van der Waals surface area contributed by atoms with Gasteiger partial charge in [-0.2, -0.15) is 0 Å². The Balaban J connectivity index is 2.58. The van der Waals surface area contributed by atoms with Crippen LogP contribution in [0.3, 0.4) is 0 Å². The van der Waals surface area contributed by atoms with E-state index in [-0.39, 0.29) is 6.16 Å². The normalized spacial score (nSPS) is 30.8. The second kappa shape index (κ2) is 5.10. The van der Waals surface area contributed by atoms with Crippen molar-refractivity contribution < 1.29 is 24.5 Å². The zero-order chi connectivity index (χ0) is 11.5. The fourth-order valence-corrected chi connectivity index (χ4v) is 4.09. The van der Waals surface area contributed by atoms with Crippen LogP contribution in [0.1, 0.15) is 32.1 Å². The Morgan fingerprint density at radius 1 is 1.40 bits per heavy atom. The lowest BCUT2D eigenvalue weighted by Gasteiger charge is -2.31. The molecule has 0 radical (unpaired) electrons. The van der Waals surface area contributed by atoms with Gasteiger partial charge < -0.3 is 19.9 Å². The number of aliphatic hydroxyl groups is 1. The van der Waals surface area contributed by atoms with Crippen LogP contribution >= 0.6 is 7.37 Å². The largest absolute Gasteiger partial charge is 0.550 e. The molecule has 6 heteroatoms. The third-order valence-corrected chi connectivity index (χ3v) is 5.35. The molecule has 0 aromatic heterocycles. The smallest absolute Gasteiger partial charge is 0.206 e. The number of carboxylic acids is 1. The van der Waals surface area contributed by atoms with Gasteiger partial charge in [-0.25, -0.2) is 0 Å². The van der Waals surface area contributed by atoms with Gasteiger partial charge in [0.25, 0.3) is 0 Å². The molecule has 0 bridgehead atoms. The summed E-state index contributed by atoms with van der Waals surface area (Å²) < 4.78 is 11.8. The summed E-state index contributed by atoms with van der Waals surface area (Å²) in [5, 5.41) is 19.8. The SMILES string of the molecule is O=C([O-])CCP(=O)(O)[C@H]1CCCC[C@@H]1O. The molecule has 88 valence electrons. The van der Waals surface area contributed by atoms with Crippen molar-refractivity contribution in [3.8, 4) is 0 Å². The molecule has 0 saturated heterocycles. The minimum absolute atomic E-state index is 0.295. The van der Waals surface area contributed by atoms with Gasteiger partial charge in [-0.05, 0) is 19.3 Å². The lowest BCUT2D eigenvalue weighted by Crippen LogP contribution is -2.31. The molecule has 1 aliphatic carbocycles. The molecular weight excluding hydrogens is 219 g/mol. The molecule has 15 heavy (non-hydrogen) atoms. The summed E-state index contributed by atoms with van der Waals surface area (Å²) in [7, 11) is -3.55. The van der Waals surface area contributed by atoms with Crippen molar-refractivity contribution in [2.75, 3.05) is 6.16 Å². The van der Waals surface area contributed by atoms with Gasteiger partial charge in [-0.3, -0.25) is 4.57 Å². The highest BCUT2D eigenvalue weighted by molar-refractivity contribution is 7.58. The molecular formula is C9H16O5P-. The third-order valence-electron chi connectivity index (χ3n) is 2.85. The lowest BCUT2D eigenvalue weighted by molar-refractivity contribution is -0.305. The number of carbonyl (C=O) groups is 1. The molecule has 2 N–H and O–H groups in total. The number of rotatable bonds is 4. The molecule has 1 unspecified atom stereocenters. The predicted octanol–water partition coefficient (Wildman–Crippen LogP) is -0.300. The molecule has 3 atom stereocenters. The van der Waals surface area contributed by atoms with Crippen molar-refractivity contribution in [1.82, 2.24) is 0 Å². The van der Waals surface area contributed by atoms with Crippen LogP contribution in [-0.4, -0.2) is 33.9 Å². The summed E-state index contributed by atoms with van der Waals surface area (Å²) in [6.45, 7) is 0. The van der Waals surface area contributed by atoms with Crippen molar-refractivity contribution in [3.05, 3.63) is 0 Å². The van der Waals surface area contributed by atoms with Gasteiger partial charge in [-0.1, -0.05) is 12.8 Å². The van der Waals surface area contributed by atoms with Crippen LogP contribution in [-0.2, 0) is 9.36 Å². The first kappa shape index (κ1) is 12.7. The second-order valence-electron chi connectivity index (χ2n) is 4.02. The highest BCUT2D eigenvalue weighted by Crippen LogP contribution is 2.52. The van der Waals surface area contributed by atoms with Crippen molar-refractivity contribution >= 4 is 13.3 Å². The van der Waals surface area contributed by atoms with E-state index in [1.54, 1.807) is 0 Å². The number of carbonyl (C=O) groups excluding carboxylic acids is 1. The molecule has 0 amide bonds. The first-order valence-electron chi connectivity index (χ1n) is 5.13. The number of hydrogen-bond donors (Lipinski definition) is 2. The molecule has 0 aliphatic heterocycles. The standard InChI is InChI=1S/C9H17O5P/c10-7-3-1-2-4-8(7)15(13,14)6-5-9(11)12/h7-8,10H,1-6H2,(H,11,12)(H,13,14)/p-1/t7-,8-/m0/s1. The zero-order valence-electron chi connectivity index (χ0n) is 8.46. The van der Waals surface area contributed by atoms with Crippen LogP contribution < -0.4 is 5.11 Å². The first-order valence-corrected chi connectivity index (χ1v) is 7.04. The lowest BCUT2D eigenvalue weighted by atomic mass is 9.97. The van der Waals surface area contributed by atoms with Gasteiger partial charge in [0.1, 0.15) is 0 Å². The van der Waals surface area contributed by atoms with E-state index in [0.29, 0.717) is 12.8 Å². The van der Waals surface area contributed by atoms with E-state index in [4.69, 9.17) is 0 Å². The van der Waals surface area contributed by atoms with Gasteiger partial charge in [0.05, 0.1) is 11.8 Å². The van der Waals surface area contributed by atoms with E-state index in [1.165, 1.54) is 0 Å². The molecule has 0 heterocycles. The minimum atomic E-state index is -3.55. The number of aliphatic carboxylic acids is 1. The van der Waals surface area contributed by atoms with Crippen LogP contribution in [0.5, 0.6) is 0 Å². The molecule has 5 nitrogen and oxygen atoms in total.